The molecule has 15 heavy (non-hydrogen) atoms. The van der Waals surface area contributed by atoms with E-state index >= 15 is 0 Å². The molecule has 0 amide bonds. The molecular formula is C11H14N2O2. The van der Waals surface area contributed by atoms with Gasteiger partial charge >= 0.3 is 5.97 Å². The van der Waals surface area contributed by atoms with Crippen LogP contribution in [0.1, 0.15) is 10.4 Å². The number of nitrogens with one attached hydrogen (secondary N) is 1. The van der Waals surface area contributed by atoms with Crippen LogP contribution in [0.25, 0.3) is 0 Å². The van der Waals surface area contributed by atoms with E-state index in [1.165, 1.54) is 0 Å². The van der Waals surface area contributed by atoms with E-state index in [0.717, 1.165) is 0 Å². The fraction of sp³-hybridized carbons (Fsp3) is 0.273. The van der Waals surface area contributed by atoms with Gasteiger partial charge in [-0.05, 0) is 12.1 Å². The molecule has 4 nitrogen and oxygen atoms in total. The number of esters is 1. The van der Waals surface area contributed by atoms with Gasteiger partial charge in [0.2, 0.25) is 0 Å². The summed E-state index contributed by atoms with van der Waals surface area (Å²) in [5.41, 5.74) is 0.565. The van der Waals surface area contributed by atoms with Gasteiger partial charge in [-0.3, -0.25) is 4.99 Å². The highest BCUT2D eigenvalue weighted by Crippen LogP contribution is 2.00. The highest BCUT2D eigenvalue weighted by molar-refractivity contribution is 5.89. The van der Waals surface area contributed by atoms with Gasteiger partial charge in [0.25, 0.3) is 0 Å². The molecule has 0 aromatic heterocycles. The monoisotopic (exact) mass is 206 g/mol. The van der Waals surface area contributed by atoms with E-state index in [1.54, 1.807) is 37.7 Å². The van der Waals surface area contributed by atoms with Crippen LogP contribution < -0.4 is 5.32 Å². The maximum atomic E-state index is 11.4. The second kappa shape index (κ2) is 6.59. The molecule has 0 aliphatic carbocycles. The first kappa shape index (κ1) is 11.2. The van der Waals surface area contributed by atoms with Gasteiger partial charge in [0.05, 0.1) is 18.4 Å². The van der Waals surface area contributed by atoms with Crippen molar-refractivity contribution in [3.05, 3.63) is 35.9 Å². The van der Waals surface area contributed by atoms with Crippen LogP contribution in [0.2, 0.25) is 0 Å². The van der Waals surface area contributed by atoms with Crippen molar-refractivity contribution in [3.63, 3.8) is 0 Å². The Morgan fingerprint density at radius 3 is 2.87 bits per heavy atom. The Balaban J connectivity index is 2.28. The molecule has 0 saturated carbocycles. The van der Waals surface area contributed by atoms with E-state index in [2.05, 4.69) is 10.3 Å². The Kier molecular flexibility index (Phi) is 4.94. The highest BCUT2D eigenvalue weighted by Gasteiger charge is 2.04. The maximum absolute atomic E-state index is 11.4. The number of carbonyl (C=O) groups is 1. The molecule has 0 fully saturated rings. The van der Waals surface area contributed by atoms with Gasteiger partial charge in [0.15, 0.2) is 0 Å². The number of aliphatic imine (C=N–C) groups is 1. The number of ether oxygens (including phenoxy) is 1. The van der Waals surface area contributed by atoms with Crippen LogP contribution in [0.15, 0.2) is 35.3 Å². The summed E-state index contributed by atoms with van der Waals surface area (Å²) in [5.74, 6) is -0.310. The minimum Gasteiger partial charge on any atom is -0.460 e. The average molecular weight is 206 g/mol. The highest BCUT2D eigenvalue weighted by atomic mass is 16.5. The lowest BCUT2D eigenvalue weighted by atomic mass is 10.2. The van der Waals surface area contributed by atoms with Crippen molar-refractivity contribution in [1.82, 2.24) is 5.32 Å². The fourth-order valence-corrected chi connectivity index (χ4v) is 1.00. The van der Waals surface area contributed by atoms with Crippen molar-refractivity contribution in [1.29, 1.82) is 0 Å². The Labute approximate surface area is 89.0 Å². The molecule has 0 aliphatic heterocycles. The second-order valence-electron chi connectivity index (χ2n) is 2.83. The van der Waals surface area contributed by atoms with E-state index in [0.29, 0.717) is 18.7 Å². The van der Waals surface area contributed by atoms with Crippen molar-refractivity contribution < 1.29 is 9.53 Å². The van der Waals surface area contributed by atoms with Gasteiger partial charge in [-0.15, -0.1) is 0 Å². The number of carbonyl (C=O) groups excluding carboxylic acids is 1. The van der Waals surface area contributed by atoms with Crippen molar-refractivity contribution in [2.45, 2.75) is 0 Å². The molecule has 0 aliphatic rings. The first-order chi connectivity index (χ1) is 7.34. The third kappa shape index (κ3) is 4.26. The molecule has 0 radical (unpaired) electrons. The van der Waals surface area contributed by atoms with Gasteiger partial charge in [0.1, 0.15) is 6.61 Å². The smallest absolute Gasteiger partial charge is 0.338 e. The number of nitrogens with zero attached hydrogens (tertiary/aromatic N) is 1. The van der Waals surface area contributed by atoms with Crippen LogP contribution in [0.5, 0.6) is 0 Å². The molecule has 4 heteroatoms. The molecule has 0 heterocycles. The lowest BCUT2D eigenvalue weighted by Gasteiger charge is -2.01. The number of benzene rings is 1. The molecule has 0 unspecified atom stereocenters. The van der Waals surface area contributed by atoms with Crippen molar-refractivity contribution >= 4 is 12.3 Å². The summed E-state index contributed by atoms with van der Waals surface area (Å²) in [6, 6.07) is 8.90. The van der Waals surface area contributed by atoms with E-state index in [9.17, 15) is 4.79 Å². The standard InChI is InChI=1S/C11H14N2O2/c1-12-9-13-7-8-15-11(14)10-5-3-2-4-6-10/h2-6,9H,7-8H2,1H3,(H,12,13). The molecule has 0 spiro atoms. The largest absolute Gasteiger partial charge is 0.460 e. The Morgan fingerprint density at radius 1 is 1.47 bits per heavy atom. The zero-order valence-corrected chi connectivity index (χ0v) is 8.64. The molecule has 0 atom stereocenters. The minimum atomic E-state index is -0.310. The molecule has 0 saturated heterocycles. The van der Waals surface area contributed by atoms with Gasteiger partial charge in [-0.1, -0.05) is 18.2 Å². The quantitative estimate of drug-likeness (QED) is 0.339. The summed E-state index contributed by atoms with van der Waals surface area (Å²) in [4.78, 5) is 15.3. The predicted octanol–water partition coefficient (Wildman–Crippen LogP) is 1.09. The fourth-order valence-electron chi connectivity index (χ4n) is 1.00. The van der Waals surface area contributed by atoms with E-state index in [-0.39, 0.29) is 5.97 Å². The molecule has 0 bridgehead atoms. The molecule has 1 aromatic carbocycles. The zero-order chi connectivity index (χ0) is 10.9. The summed E-state index contributed by atoms with van der Waals surface area (Å²) in [6.07, 6.45) is 1.57. The van der Waals surface area contributed by atoms with Crippen LogP contribution in [0, 0.1) is 0 Å². The third-order valence-electron chi connectivity index (χ3n) is 1.68. The SMILES string of the molecule is CNC=NCCOC(=O)c1ccccc1. The van der Waals surface area contributed by atoms with Crippen LogP contribution in [-0.4, -0.2) is 32.5 Å². The van der Waals surface area contributed by atoms with Crippen molar-refractivity contribution in [3.8, 4) is 0 Å². The lowest BCUT2D eigenvalue weighted by Crippen LogP contribution is -2.09. The first-order valence-corrected chi connectivity index (χ1v) is 4.72. The predicted molar refractivity (Wildman–Crippen MR) is 59.1 cm³/mol. The second-order valence-corrected chi connectivity index (χ2v) is 2.83. The Hall–Kier alpha value is -1.84. The summed E-state index contributed by atoms with van der Waals surface area (Å²) < 4.78 is 4.99. The zero-order valence-electron chi connectivity index (χ0n) is 8.64. The van der Waals surface area contributed by atoms with Crippen molar-refractivity contribution in [2.24, 2.45) is 4.99 Å². The van der Waals surface area contributed by atoms with E-state index in [1.807, 2.05) is 6.07 Å². The van der Waals surface area contributed by atoms with Crippen LogP contribution >= 0.6 is 0 Å². The number of hydrogen-bond acceptors (Lipinski definition) is 3. The number of rotatable bonds is 5. The van der Waals surface area contributed by atoms with Crippen LogP contribution in [0.3, 0.4) is 0 Å². The summed E-state index contributed by atoms with van der Waals surface area (Å²) >= 11 is 0. The van der Waals surface area contributed by atoms with Crippen molar-refractivity contribution in [2.75, 3.05) is 20.2 Å². The molecule has 80 valence electrons. The lowest BCUT2D eigenvalue weighted by molar-refractivity contribution is 0.0517. The summed E-state index contributed by atoms with van der Waals surface area (Å²) in [6.45, 7) is 0.769. The average Bonchev–Trinajstić information content (AvgIpc) is 2.30. The molecular weight excluding hydrogens is 192 g/mol. The van der Waals surface area contributed by atoms with Gasteiger partial charge in [-0.2, -0.15) is 0 Å². The minimum absolute atomic E-state index is 0.298. The first-order valence-electron chi connectivity index (χ1n) is 4.72. The van der Waals surface area contributed by atoms with Gasteiger partial charge in [-0.25, -0.2) is 4.79 Å². The van der Waals surface area contributed by atoms with Crippen LogP contribution in [0.4, 0.5) is 0 Å². The summed E-state index contributed by atoms with van der Waals surface area (Å²) in [7, 11) is 1.76. The van der Waals surface area contributed by atoms with E-state index < -0.39 is 0 Å². The molecule has 1 N–H and O–H groups in total. The number of hydrogen-bond donors (Lipinski definition) is 1. The van der Waals surface area contributed by atoms with Gasteiger partial charge in [0, 0.05) is 7.05 Å². The summed E-state index contributed by atoms with van der Waals surface area (Å²) in [5, 5.41) is 2.76. The maximum Gasteiger partial charge on any atom is 0.338 e. The topological polar surface area (TPSA) is 50.7 Å². The third-order valence-corrected chi connectivity index (χ3v) is 1.68. The Bertz CT molecular complexity index is 323. The molecule has 1 rings (SSSR count). The molecule has 1 aromatic rings. The Morgan fingerprint density at radius 2 is 2.20 bits per heavy atom. The van der Waals surface area contributed by atoms with Crippen LogP contribution in [-0.2, 0) is 4.74 Å². The van der Waals surface area contributed by atoms with Gasteiger partial charge < -0.3 is 10.1 Å². The normalized spacial score (nSPS) is 10.2. The van der Waals surface area contributed by atoms with E-state index in [4.69, 9.17) is 4.74 Å².